The Labute approximate surface area is 146 Å². The molecule has 1 aliphatic heterocycles. The number of amides is 2. The Balaban J connectivity index is 1.87. The molecule has 7 heteroatoms. The minimum atomic E-state index is -0.497. The number of carbonyl (C=O) groups is 2. The second-order valence-electron chi connectivity index (χ2n) is 6.36. The smallest absolute Gasteiger partial charge is 0.410 e. The van der Waals surface area contributed by atoms with Gasteiger partial charge in [-0.25, -0.2) is 4.79 Å². The number of furan rings is 1. The Morgan fingerprint density at radius 2 is 2.16 bits per heavy atom. The molecular formula is C18H23N3O4. The molecule has 0 saturated heterocycles. The number of aromatic nitrogens is 1. The fourth-order valence-corrected chi connectivity index (χ4v) is 3.25. The molecule has 0 bridgehead atoms. The summed E-state index contributed by atoms with van der Waals surface area (Å²) in [6.07, 6.45) is 4.78. The molecule has 2 aromatic rings. The summed E-state index contributed by atoms with van der Waals surface area (Å²) >= 11 is 0. The van der Waals surface area contributed by atoms with Crippen molar-refractivity contribution in [1.29, 1.82) is 0 Å². The molecule has 134 valence electrons. The molecule has 0 spiro atoms. The largest absolute Gasteiger partial charge is 0.472 e. The summed E-state index contributed by atoms with van der Waals surface area (Å²) in [5, 5.41) is 0. The Morgan fingerprint density at radius 1 is 1.36 bits per heavy atom. The van der Waals surface area contributed by atoms with Crippen molar-refractivity contribution < 1.29 is 18.7 Å². The highest BCUT2D eigenvalue weighted by atomic mass is 16.5. The Bertz CT molecular complexity index is 735. The number of fused-ring (bicyclic) bond motifs is 1. The van der Waals surface area contributed by atoms with E-state index in [0.717, 1.165) is 17.8 Å². The van der Waals surface area contributed by atoms with Crippen molar-refractivity contribution in [2.45, 2.75) is 32.5 Å². The third-order valence-corrected chi connectivity index (χ3v) is 4.56. The lowest BCUT2D eigenvalue weighted by Crippen LogP contribution is -2.49. The first-order chi connectivity index (χ1) is 12.0. The summed E-state index contributed by atoms with van der Waals surface area (Å²) in [6.45, 7) is 5.00. The number of nitrogens with zero attached hydrogens (tertiary/aromatic N) is 3. The molecule has 7 nitrogen and oxygen atoms in total. The van der Waals surface area contributed by atoms with Crippen molar-refractivity contribution in [2.75, 3.05) is 20.2 Å². The second-order valence-corrected chi connectivity index (χ2v) is 6.36. The number of hydrogen-bond acceptors (Lipinski definition) is 4. The van der Waals surface area contributed by atoms with Crippen LogP contribution in [0.15, 0.2) is 41.3 Å². The zero-order valence-corrected chi connectivity index (χ0v) is 14.7. The maximum absolute atomic E-state index is 13.0. The van der Waals surface area contributed by atoms with Crippen molar-refractivity contribution in [2.24, 2.45) is 0 Å². The molecule has 0 N–H and O–H groups in total. The average molecular weight is 345 g/mol. The third-order valence-electron chi connectivity index (χ3n) is 4.56. The summed E-state index contributed by atoms with van der Waals surface area (Å²) in [4.78, 5) is 28.2. The van der Waals surface area contributed by atoms with E-state index in [1.807, 2.05) is 38.2 Å². The summed E-state index contributed by atoms with van der Waals surface area (Å²) in [5.74, 6) is -0.113. The van der Waals surface area contributed by atoms with E-state index in [9.17, 15) is 9.59 Å². The van der Waals surface area contributed by atoms with Crippen LogP contribution in [0.25, 0.3) is 0 Å². The monoisotopic (exact) mass is 345 g/mol. The minimum absolute atomic E-state index is 0.0145. The average Bonchev–Trinajstić information content (AvgIpc) is 3.28. The van der Waals surface area contributed by atoms with Gasteiger partial charge in [0.1, 0.15) is 12.6 Å². The topological polar surface area (TPSA) is 67.9 Å². The predicted octanol–water partition coefficient (Wildman–Crippen LogP) is 2.49. The molecule has 1 aliphatic rings. The van der Waals surface area contributed by atoms with Crippen LogP contribution in [0.2, 0.25) is 0 Å². The molecule has 0 aromatic carbocycles. The quantitative estimate of drug-likeness (QED) is 0.854. The lowest BCUT2D eigenvalue weighted by Gasteiger charge is -2.38. The van der Waals surface area contributed by atoms with Crippen LogP contribution in [0.1, 0.15) is 31.1 Å². The van der Waals surface area contributed by atoms with Gasteiger partial charge in [0.05, 0.1) is 19.6 Å². The van der Waals surface area contributed by atoms with Crippen LogP contribution in [-0.4, -0.2) is 52.6 Å². The van der Waals surface area contributed by atoms with Gasteiger partial charge in [-0.3, -0.25) is 9.69 Å². The molecule has 2 aromatic heterocycles. The van der Waals surface area contributed by atoms with Crippen molar-refractivity contribution >= 4 is 12.0 Å². The fourth-order valence-electron chi connectivity index (χ4n) is 3.25. The second kappa shape index (κ2) is 7.04. The lowest BCUT2D eigenvalue weighted by atomic mass is 10.0. The molecule has 0 fully saturated rings. The normalized spacial score (nSPS) is 16.6. The van der Waals surface area contributed by atoms with Crippen molar-refractivity contribution in [3.63, 3.8) is 0 Å². The molecule has 3 rings (SSSR count). The lowest BCUT2D eigenvalue weighted by molar-refractivity contribution is -0.135. The highest BCUT2D eigenvalue weighted by molar-refractivity contribution is 5.83. The molecule has 0 radical (unpaired) electrons. The Hall–Kier alpha value is -2.70. The van der Waals surface area contributed by atoms with E-state index in [1.165, 1.54) is 12.0 Å². The van der Waals surface area contributed by atoms with E-state index in [4.69, 9.17) is 9.15 Å². The van der Waals surface area contributed by atoms with Crippen molar-refractivity contribution in [3.05, 3.63) is 48.2 Å². The molecule has 0 saturated carbocycles. The van der Waals surface area contributed by atoms with Gasteiger partial charge < -0.3 is 18.6 Å². The molecule has 0 aliphatic carbocycles. The molecule has 1 unspecified atom stereocenters. The first-order valence-corrected chi connectivity index (χ1v) is 8.34. The van der Waals surface area contributed by atoms with Crippen LogP contribution < -0.4 is 0 Å². The molecule has 25 heavy (non-hydrogen) atoms. The van der Waals surface area contributed by atoms with E-state index < -0.39 is 6.09 Å². The van der Waals surface area contributed by atoms with Crippen LogP contribution in [0, 0.1) is 0 Å². The van der Waals surface area contributed by atoms with Crippen LogP contribution in [-0.2, 0) is 16.1 Å². The standard InChI is InChI=1S/C18H23N3O4/c1-13(2)21(18(23)24-3)11-16(22)20-9-8-19-7-4-5-15(19)17(20)14-6-10-25-12-14/h4-7,10,12-13,17H,8-9,11H2,1-3H3. The van der Waals surface area contributed by atoms with Gasteiger partial charge in [-0.2, -0.15) is 0 Å². The number of ether oxygens (including phenoxy) is 1. The maximum Gasteiger partial charge on any atom is 0.410 e. The minimum Gasteiger partial charge on any atom is -0.472 e. The van der Waals surface area contributed by atoms with Gasteiger partial charge in [-0.05, 0) is 32.0 Å². The van der Waals surface area contributed by atoms with E-state index in [-0.39, 0.29) is 24.5 Å². The van der Waals surface area contributed by atoms with E-state index in [1.54, 1.807) is 17.4 Å². The van der Waals surface area contributed by atoms with E-state index in [2.05, 4.69) is 4.57 Å². The molecular weight excluding hydrogens is 322 g/mol. The summed E-state index contributed by atoms with van der Waals surface area (Å²) in [7, 11) is 1.32. The van der Waals surface area contributed by atoms with E-state index >= 15 is 0 Å². The van der Waals surface area contributed by atoms with Crippen LogP contribution in [0.5, 0.6) is 0 Å². The zero-order chi connectivity index (χ0) is 18.0. The van der Waals surface area contributed by atoms with Crippen LogP contribution >= 0.6 is 0 Å². The maximum atomic E-state index is 13.0. The van der Waals surface area contributed by atoms with Gasteiger partial charge in [-0.1, -0.05) is 0 Å². The highest BCUT2D eigenvalue weighted by Gasteiger charge is 2.34. The SMILES string of the molecule is COC(=O)N(CC(=O)N1CCn2cccc2C1c1ccoc1)C(C)C. The summed E-state index contributed by atoms with van der Waals surface area (Å²) in [6, 6.07) is 5.51. The fraction of sp³-hybridized carbons (Fsp3) is 0.444. The highest BCUT2D eigenvalue weighted by Crippen LogP contribution is 2.32. The van der Waals surface area contributed by atoms with Gasteiger partial charge in [-0.15, -0.1) is 0 Å². The van der Waals surface area contributed by atoms with Gasteiger partial charge in [0.2, 0.25) is 5.91 Å². The predicted molar refractivity (Wildman–Crippen MR) is 90.9 cm³/mol. The first kappa shape index (κ1) is 17.1. The Morgan fingerprint density at radius 3 is 2.80 bits per heavy atom. The van der Waals surface area contributed by atoms with Gasteiger partial charge in [0, 0.05) is 36.6 Å². The number of carbonyl (C=O) groups excluding carboxylic acids is 2. The van der Waals surface area contributed by atoms with Crippen molar-refractivity contribution in [3.8, 4) is 0 Å². The van der Waals surface area contributed by atoms with Gasteiger partial charge in [0.15, 0.2) is 0 Å². The van der Waals surface area contributed by atoms with Crippen LogP contribution in [0.3, 0.4) is 0 Å². The first-order valence-electron chi connectivity index (χ1n) is 8.34. The number of hydrogen-bond donors (Lipinski definition) is 0. The van der Waals surface area contributed by atoms with E-state index in [0.29, 0.717) is 6.54 Å². The van der Waals surface area contributed by atoms with Gasteiger partial charge in [0.25, 0.3) is 0 Å². The Kier molecular flexibility index (Phi) is 4.83. The molecule has 3 heterocycles. The number of rotatable bonds is 4. The van der Waals surface area contributed by atoms with Crippen LogP contribution in [0.4, 0.5) is 4.79 Å². The van der Waals surface area contributed by atoms with Gasteiger partial charge >= 0.3 is 6.09 Å². The summed E-state index contributed by atoms with van der Waals surface area (Å²) < 4.78 is 12.2. The van der Waals surface area contributed by atoms with Crippen molar-refractivity contribution in [1.82, 2.24) is 14.4 Å². The molecule has 1 atom stereocenters. The summed E-state index contributed by atoms with van der Waals surface area (Å²) in [5.41, 5.74) is 1.96. The zero-order valence-electron chi connectivity index (χ0n) is 14.7. The third kappa shape index (κ3) is 3.26. The number of methoxy groups -OCH3 is 1. The molecule has 2 amide bonds.